The minimum Gasteiger partial charge on any atom is -0.497 e. The monoisotopic (exact) mass is 324 g/mol. The molecule has 0 fully saturated rings. The SMILES string of the molecule is CCCCCCS(=O)(=O)O/N=C(\C#N)c1ccc(OC)cc1. The van der Waals surface area contributed by atoms with Gasteiger partial charge in [-0.2, -0.15) is 13.7 Å². The second-order valence-corrected chi connectivity index (χ2v) is 6.35. The van der Waals surface area contributed by atoms with E-state index >= 15 is 0 Å². The molecule has 0 aliphatic heterocycles. The summed E-state index contributed by atoms with van der Waals surface area (Å²) in [5.41, 5.74) is 0.365. The number of hydrogen-bond donors (Lipinski definition) is 0. The summed E-state index contributed by atoms with van der Waals surface area (Å²) < 4.78 is 33.0. The molecule has 0 saturated carbocycles. The summed E-state index contributed by atoms with van der Waals surface area (Å²) in [7, 11) is -2.22. The van der Waals surface area contributed by atoms with Crippen molar-refractivity contribution in [3.05, 3.63) is 29.8 Å². The van der Waals surface area contributed by atoms with E-state index in [0.717, 1.165) is 19.3 Å². The highest BCUT2D eigenvalue weighted by Gasteiger charge is 2.12. The van der Waals surface area contributed by atoms with Gasteiger partial charge in [-0.05, 0) is 30.7 Å². The summed E-state index contributed by atoms with van der Waals surface area (Å²) in [4.78, 5) is 0. The zero-order valence-corrected chi connectivity index (χ0v) is 13.6. The zero-order chi connectivity index (χ0) is 16.4. The Bertz CT molecular complexity index is 631. The van der Waals surface area contributed by atoms with Gasteiger partial charge in [-0.15, -0.1) is 0 Å². The van der Waals surface area contributed by atoms with Crippen molar-refractivity contribution in [2.75, 3.05) is 12.9 Å². The third-order valence-corrected chi connectivity index (χ3v) is 4.05. The molecule has 0 bridgehead atoms. The molecular formula is C15H20N2O4S. The first-order valence-corrected chi connectivity index (χ1v) is 8.64. The van der Waals surface area contributed by atoms with Crippen LogP contribution in [0.3, 0.4) is 0 Å². The lowest BCUT2D eigenvalue weighted by molar-refractivity contribution is 0.338. The van der Waals surface area contributed by atoms with E-state index in [2.05, 4.69) is 9.44 Å². The number of nitrogens with zero attached hydrogens (tertiary/aromatic N) is 2. The van der Waals surface area contributed by atoms with E-state index < -0.39 is 10.1 Å². The Morgan fingerprint density at radius 1 is 1.23 bits per heavy atom. The molecule has 0 saturated heterocycles. The van der Waals surface area contributed by atoms with E-state index in [4.69, 9.17) is 10.00 Å². The van der Waals surface area contributed by atoms with E-state index in [1.165, 1.54) is 7.11 Å². The highest BCUT2D eigenvalue weighted by atomic mass is 32.2. The van der Waals surface area contributed by atoms with Gasteiger partial charge in [-0.25, -0.2) is 0 Å². The van der Waals surface area contributed by atoms with Gasteiger partial charge in [-0.3, -0.25) is 4.28 Å². The first-order valence-electron chi connectivity index (χ1n) is 7.06. The molecule has 0 heterocycles. The number of rotatable bonds is 9. The van der Waals surface area contributed by atoms with Gasteiger partial charge in [0.1, 0.15) is 11.8 Å². The average Bonchev–Trinajstić information content (AvgIpc) is 2.53. The van der Waals surface area contributed by atoms with Crippen molar-refractivity contribution in [2.45, 2.75) is 32.6 Å². The molecule has 0 N–H and O–H groups in total. The number of methoxy groups -OCH3 is 1. The van der Waals surface area contributed by atoms with Gasteiger partial charge in [0.05, 0.1) is 12.9 Å². The Labute approximate surface area is 131 Å². The molecule has 1 aromatic carbocycles. The van der Waals surface area contributed by atoms with E-state index in [1.807, 2.05) is 13.0 Å². The number of ether oxygens (including phenoxy) is 1. The lowest BCUT2D eigenvalue weighted by Gasteiger charge is -2.03. The Hall–Kier alpha value is -2.07. The van der Waals surface area contributed by atoms with Crippen molar-refractivity contribution >= 4 is 15.8 Å². The van der Waals surface area contributed by atoms with Crippen molar-refractivity contribution in [1.29, 1.82) is 5.26 Å². The molecule has 1 rings (SSSR count). The van der Waals surface area contributed by atoms with Gasteiger partial charge < -0.3 is 4.74 Å². The minimum absolute atomic E-state index is 0.0974. The van der Waals surface area contributed by atoms with Crippen LogP contribution in [0.15, 0.2) is 29.4 Å². The largest absolute Gasteiger partial charge is 0.497 e. The summed E-state index contributed by atoms with van der Waals surface area (Å²) in [6, 6.07) is 8.35. The van der Waals surface area contributed by atoms with Crippen LogP contribution < -0.4 is 4.74 Å². The van der Waals surface area contributed by atoms with Crippen LogP contribution in [-0.2, 0) is 14.4 Å². The predicted molar refractivity (Wildman–Crippen MR) is 84.2 cm³/mol. The number of hydrogen-bond acceptors (Lipinski definition) is 6. The molecule has 1 aromatic rings. The summed E-state index contributed by atoms with van der Waals surface area (Å²) in [6.45, 7) is 2.04. The van der Waals surface area contributed by atoms with Gasteiger partial charge in [-0.1, -0.05) is 31.3 Å². The Kier molecular flexibility index (Phi) is 7.40. The highest BCUT2D eigenvalue weighted by molar-refractivity contribution is 7.86. The average molecular weight is 324 g/mol. The molecule has 0 aliphatic rings. The molecule has 0 amide bonds. The van der Waals surface area contributed by atoms with E-state index in [-0.39, 0.29) is 11.5 Å². The molecule has 0 aliphatic carbocycles. The van der Waals surface area contributed by atoms with Crippen LogP contribution in [0.5, 0.6) is 5.75 Å². The van der Waals surface area contributed by atoms with Crippen LogP contribution in [0.2, 0.25) is 0 Å². The van der Waals surface area contributed by atoms with E-state index in [1.54, 1.807) is 24.3 Å². The van der Waals surface area contributed by atoms with Crippen LogP contribution in [-0.4, -0.2) is 27.0 Å². The maximum atomic E-state index is 11.7. The van der Waals surface area contributed by atoms with Gasteiger partial charge in [0.15, 0.2) is 5.71 Å². The third-order valence-electron chi connectivity index (χ3n) is 2.96. The fraction of sp³-hybridized carbons (Fsp3) is 0.467. The molecule has 120 valence electrons. The molecule has 22 heavy (non-hydrogen) atoms. The fourth-order valence-electron chi connectivity index (χ4n) is 1.72. The van der Waals surface area contributed by atoms with Crippen LogP contribution in [0, 0.1) is 11.3 Å². The van der Waals surface area contributed by atoms with Crippen molar-refractivity contribution in [3.63, 3.8) is 0 Å². The molecule has 6 nitrogen and oxygen atoms in total. The van der Waals surface area contributed by atoms with E-state index in [0.29, 0.717) is 17.7 Å². The van der Waals surface area contributed by atoms with Gasteiger partial charge in [0.2, 0.25) is 0 Å². The van der Waals surface area contributed by atoms with Gasteiger partial charge in [0, 0.05) is 5.56 Å². The lowest BCUT2D eigenvalue weighted by Crippen LogP contribution is -2.09. The number of nitriles is 1. The minimum atomic E-state index is -3.75. The number of oxime groups is 1. The highest BCUT2D eigenvalue weighted by Crippen LogP contribution is 2.12. The smallest absolute Gasteiger partial charge is 0.328 e. The molecular weight excluding hydrogens is 304 g/mol. The van der Waals surface area contributed by atoms with Crippen LogP contribution >= 0.6 is 0 Å². The van der Waals surface area contributed by atoms with Gasteiger partial charge in [0.25, 0.3) is 0 Å². The molecule has 0 aromatic heterocycles. The Morgan fingerprint density at radius 2 is 1.91 bits per heavy atom. The van der Waals surface area contributed by atoms with Crippen molar-refractivity contribution in [2.24, 2.45) is 5.16 Å². The second-order valence-electron chi connectivity index (χ2n) is 4.68. The standard InChI is InChI=1S/C15H20N2O4S/c1-3-4-5-6-11-22(18,19)21-17-15(12-16)13-7-9-14(20-2)10-8-13/h7-10H,3-6,11H2,1-2H3/b17-15+. The quantitative estimate of drug-likeness (QED) is 0.396. The summed E-state index contributed by atoms with van der Waals surface area (Å²) in [5.74, 6) is 0.531. The lowest BCUT2D eigenvalue weighted by atomic mass is 10.1. The number of unbranched alkanes of at least 4 members (excludes halogenated alkanes) is 3. The third kappa shape index (κ3) is 6.14. The fourth-order valence-corrected chi connectivity index (χ4v) is 2.54. The first-order chi connectivity index (χ1) is 10.5. The van der Waals surface area contributed by atoms with E-state index in [9.17, 15) is 8.42 Å². The number of benzene rings is 1. The normalized spacial score (nSPS) is 11.8. The Balaban J connectivity index is 2.70. The van der Waals surface area contributed by atoms with Crippen LogP contribution in [0.4, 0.5) is 0 Å². The molecule has 7 heteroatoms. The van der Waals surface area contributed by atoms with Crippen molar-refractivity contribution in [3.8, 4) is 11.8 Å². The summed E-state index contributed by atoms with van der Waals surface area (Å²) in [5, 5.41) is 12.5. The second kappa shape index (κ2) is 9.05. The maximum Gasteiger partial charge on any atom is 0.328 e. The first kappa shape index (κ1) is 18.0. The molecule has 0 unspecified atom stereocenters. The molecule has 0 radical (unpaired) electrons. The van der Waals surface area contributed by atoms with Crippen LogP contribution in [0.1, 0.15) is 38.2 Å². The van der Waals surface area contributed by atoms with Crippen LogP contribution in [0.25, 0.3) is 0 Å². The Morgan fingerprint density at radius 3 is 2.45 bits per heavy atom. The van der Waals surface area contributed by atoms with Gasteiger partial charge >= 0.3 is 10.1 Å². The zero-order valence-electron chi connectivity index (χ0n) is 12.8. The topological polar surface area (TPSA) is 88.8 Å². The maximum absolute atomic E-state index is 11.7. The predicted octanol–water partition coefficient (Wildman–Crippen LogP) is 2.85. The summed E-state index contributed by atoms with van der Waals surface area (Å²) in [6.07, 6.45) is 3.35. The molecule has 0 spiro atoms. The van der Waals surface area contributed by atoms with Crippen molar-refractivity contribution < 1.29 is 17.4 Å². The van der Waals surface area contributed by atoms with Crippen molar-refractivity contribution in [1.82, 2.24) is 0 Å². The summed E-state index contributed by atoms with van der Waals surface area (Å²) >= 11 is 0. The molecule has 0 atom stereocenters.